The maximum absolute atomic E-state index is 12.6. The number of carbonyl (C=O) groups is 1. The van der Waals surface area contributed by atoms with E-state index in [1.54, 1.807) is 11.7 Å². The average Bonchev–Trinajstić information content (AvgIpc) is 3.02. The van der Waals surface area contributed by atoms with Crippen molar-refractivity contribution in [3.05, 3.63) is 58.9 Å². The molecule has 0 radical (unpaired) electrons. The van der Waals surface area contributed by atoms with E-state index in [2.05, 4.69) is 36.3 Å². The van der Waals surface area contributed by atoms with Crippen molar-refractivity contribution in [2.24, 2.45) is 0 Å². The van der Waals surface area contributed by atoms with Crippen molar-refractivity contribution in [3.8, 4) is 17.1 Å². The van der Waals surface area contributed by atoms with Crippen LogP contribution in [0.2, 0.25) is 0 Å². The maximum atomic E-state index is 12.6. The first-order chi connectivity index (χ1) is 13.3. The van der Waals surface area contributed by atoms with Crippen molar-refractivity contribution in [3.63, 3.8) is 0 Å². The van der Waals surface area contributed by atoms with Gasteiger partial charge in [0.2, 0.25) is 5.91 Å². The van der Waals surface area contributed by atoms with Crippen molar-refractivity contribution in [2.75, 3.05) is 12.4 Å². The Morgan fingerprint density at radius 1 is 1.14 bits per heavy atom. The van der Waals surface area contributed by atoms with Gasteiger partial charge >= 0.3 is 0 Å². The first-order valence-electron chi connectivity index (χ1n) is 8.98. The van der Waals surface area contributed by atoms with E-state index in [0.29, 0.717) is 10.6 Å². The lowest BCUT2D eigenvalue weighted by Crippen LogP contribution is -2.19. The molecule has 28 heavy (non-hydrogen) atoms. The van der Waals surface area contributed by atoms with Crippen LogP contribution in [0.1, 0.15) is 26.3 Å². The number of carbonyl (C=O) groups excluding carboxylic acids is 1. The number of nitrogens with one attached hydrogen (secondary N) is 2. The summed E-state index contributed by atoms with van der Waals surface area (Å²) in [6.07, 6.45) is 0. The molecular formula is C21H24N4O2S. The second kappa shape index (κ2) is 7.98. The second-order valence-electron chi connectivity index (χ2n) is 7.54. The average molecular weight is 397 g/mol. The molecule has 0 saturated carbocycles. The standard InChI is InChI=1S/C21H24N4O2S/c1-21(2,3)15-7-9-16(10-8-15)22-18(26)13-25-19(23-24-20(25)28)14-5-11-17(27-4)12-6-14/h5-12H,13H2,1-4H3,(H,22,26)(H,24,28). The molecule has 0 spiro atoms. The number of hydrogen-bond acceptors (Lipinski definition) is 4. The van der Waals surface area contributed by atoms with Crippen LogP contribution in [-0.4, -0.2) is 27.8 Å². The van der Waals surface area contributed by atoms with Gasteiger partial charge in [0.05, 0.1) is 7.11 Å². The number of anilines is 1. The van der Waals surface area contributed by atoms with Gasteiger partial charge in [-0.15, -0.1) is 0 Å². The summed E-state index contributed by atoms with van der Waals surface area (Å²) in [7, 11) is 1.61. The molecule has 1 amide bonds. The normalized spacial score (nSPS) is 11.3. The molecule has 0 aliphatic heterocycles. The lowest BCUT2D eigenvalue weighted by Gasteiger charge is -2.19. The van der Waals surface area contributed by atoms with Crippen LogP contribution in [-0.2, 0) is 16.8 Å². The summed E-state index contributed by atoms with van der Waals surface area (Å²) >= 11 is 5.30. The predicted molar refractivity (Wildman–Crippen MR) is 113 cm³/mol. The van der Waals surface area contributed by atoms with Gasteiger partial charge in [-0.2, -0.15) is 5.10 Å². The Balaban J connectivity index is 1.75. The van der Waals surface area contributed by atoms with Crippen LogP contribution in [0.25, 0.3) is 11.4 Å². The molecule has 0 fully saturated rings. The van der Waals surface area contributed by atoms with Crippen LogP contribution in [0.5, 0.6) is 5.75 Å². The SMILES string of the molecule is COc1ccc(-c2n[nH]c(=S)n2CC(=O)Nc2ccc(C(C)(C)C)cc2)cc1. The van der Waals surface area contributed by atoms with E-state index in [0.717, 1.165) is 17.0 Å². The summed E-state index contributed by atoms with van der Waals surface area (Å²) < 4.78 is 7.25. The number of methoxy groups -OCH3 is 1. The fourth-order valence-corrected chi connectivity index (χ4v) is 3.02. The molecular weight excluding hydrogens is 372 g/mol. The van der Waals surface area contributed by atoms with Gasteiger partial charge in [-0.05, 0) is 59.6 Å². The fraction of sp³-hybridized carbons (Fsp3) is 0.286. The van der Waals surface area contributed by atoms with Crippen molar-refractivity contribution in [2.45, 2.75) is 32.7 Å². The number of aromatic amines is 1. The predicted octanol–water partition coefficient (Wildman–Crippen LogP) is 4.55. The summed E-state index contributed by atoms with van der Waals surface area (Å²) in [5.74, 6) is 1.18. The fourth-order valence-electron chi connectivity index (χ4n) is 2.82. The lowest BCUT2D eigenvalue weighted by molar-refractivity contribution is -0.116. The van der Waals surface area contributed by atoms with Crippen LogP contribution < -0.4 is 10.1 Å². The zero-order chi connectivity index (χ0) is 20.3. The molecule has 1 heterocycles. The summed E-state index contributed by atoms with van der Waals surface area (Å²) in [5, 5.41) is 9.94. The van der Waals surface area contributed by atoms with Gasteiger partial charge in [0, 0.05) is 11.3 Å². The third-order valence-corrected chi connectivity index (χ3v) is 4.75. The topological polar surface area (TPSA) is 71.9 Å². The molecule has 7 heteroatoms. The molecule has 2 N–H and O–H groups in total. The molecule has 0 aliphatic carbocycles. The van der Waals surface area contributed by atoms with Gasteiger partial charge in [0.1, 0.15) is 12.3 Å². The summed E-state index contributed by atoms with van der Waals surface area (Å²) in [6, 6.07) is 15.3. The van der Waals surface area contributed by atoms with E-state index in [1.165, 1.54) is 5.56 Å². The molecule has 0 unspecified atom stereocenters. The Labute approximate surface area is 169 Å². The monoisotopic (exact) mass is 396 g/mol. The maximum Gasteiger partial charge on any atom is 0.244 e. The highest BCUT2D eigenvalue weighted by atomic mass is 32.1. The van der Waals surface area contributed by atoms with Crippen LogP contribution >= 0.6 is 12.2 Å². The Morgan fingerprint density at radius 2 is 1.79 bits per heavy atom. The smallest absolute Gasteiger partial charge is 0.244 e. The zero-order valence-electron chi connectivity index (χ0n) is 16.4. The first kappa shape index (κ1) is 19.8. The molecule has 6 nitrogen and oxygen atoms in total. The van der Waals surface area contributed by atoms with Gasteiger partial charge in [-0.1, -0.05) is 32.9 Å². The summed E-state index contributed by atoms with van der Waals surface area (Å²) in [5.41, 5.74) is 2.87. The highest BCUT2D eigenvalue weighted by molar-refractivity contribution is 7.71. The number of aromatic nitrogens is 3. The van der Waals surface area contributed by atoms with Gasteiger partial charge in [0.15, 0.2) is 10.6 Å². The zero-order valence-corrected chi connectivity index (χ0v) is 17.3. The van der Waals surface area contributed by atoms with E-state index in [9.17, 15) is 4.79 Å². The number of hydrogen-bond donors (Lipinski definition) is 2. The number of rotatable bonds is 5. The molecule has 3 aromatic rings. The van der Waals surface area contributed by atoms with E-state index in [1.807, 2.05) is 48.5 Å². The largest absolute Gasteiger partial charge is 0.497 e. The lowest BCUT2D eigenvalue weighted by atomic mass is 9.87. The van der Waals surface area contributed by atoms with Crippen molar-refractivity contribution >= 4 is 23.8 Å². The molecule has 146 valence electrons. The minimum absolute atomic E-state index is 0.0672. The Morgan fingerprint density at radius 3 is 2.36 bits per heavy atom. The van der Waals surface area contributed by atoms with Crippen molar-refractivity contribution in [1.29, 1.82) is 0 Å². The number of amides is 1. The third kappa shape index (κ3) is 4.48. The van der Waals surface area contributed by atoms with Gasteiger partial charge in [-0.3, -0.25) is 14.5 Å². The highest BCUT2D eigenvalue weighted by Crippen LogP contribution is 2.24. The molecule has 2 aromatic carbocycles. The van der Waals surface area contributed by atoms with Crippen LogP contribution in [0.3, 0.4) is 0 Å². The molecule has 0 saturated heterocycles. The number of benzene rings is 2. The molecule has 1 aromatic heterocycles. The van der Waals surface area contributed by atoms with Crippen LogP contribution in [0.4, 0.5) is 5.69 Å². The second-order valence-corrected chi connectivity index (χ2v) is 7.93. The molecule has 0 bridgehead atoms. The van der Waals surface area contributed by atoms with Crippen molar-refractivity contribution < 1.29 is 9.53 Å². The Kier molecular flexibility index (Phi) is 5.65. The minimum Gasteiger partial charge on any atom is -0.497 e. The minimum atomic E-state index is -0.171. The highest BCUT2D eigenvalue weighted by Gasteiger charge is 2.15. The Bertz CT molecular complexity index is 1010. The number of H-pyrrole nitrogens is 1. The number of ether oxygens (including phenoxy) is 1. The quantitative estimate of drug-likeness (QED) is 0.621. The first-order valence-corrected chi connectivity index (χ1v) is 9.39. The van der Waals surface area contributed by atoms with Crippen LogP contribution in [0, 0.1) is 4.77 Å². The van der Waals surface area contributed by atoms with Gasteiger partial charge < -0.3 is 10.1 Å². The Hall–Kier alpha value is -2.93. The third-order valence-electron chi connectivity index (χ3n) is 4.44. The van der Waals surface area contributed by atoms with Crippen LogP contribution in [0.15, 0.2) is 48.5 Å². The summed E-state index contributed by atoms with van der Waals surface area (Å²) in [4.78, 5) is 12.6. The van der Waals surface area contributed by atoms with Gasteiger partial charge in [-0.25, -0.2) is 0 Å². The summed E-state index contributed by atoms with van der Waals surface area (Å²) in [6.45, 7) is 6.53. The van der Waals surface area contributed by atoms with E-state index < -0.39 is 0 Å². The molecule has 0 atom stereocenters. The van der Waals surface area contributed by atoms with Crippen molar-refractivity contribution in [1.82, 2.24) is 14.8 Å². The van der Waals surface area contributed by atoms with E-state index in [-0.39, 0.29) is 17.9 Å². The number of nitrogens with zero attached hydrogens (tertiary/aromatic N) is 2. The van der Waals surface area contributed by atoms with E-state index >= 15 is 0 Å². The van der Waals surface area contributed by atoms with Gasteiger partial charge in [0.25, 0.3) is 0 Å². The molecule has 3 rings (SSSR count). The van der Waals surface area contributed by atoms with E-state index in [4.69, 9.17) is 17.0 Å². The molecule has 0 aliphatic rings.